The van der Waals surface area contributed by atoms with Crippen LogP contribution in [0.5, 0.6) is 0 Å². The van der Waals surface area contributed by atoms with Crippen molar-refractivity contribution < 1.29 is 4.42 Å². The fourth-order valence-corrected chi connectivity index (χ4v) is 0.779. The van der Waals surface area contributed by atoms with Crippen LogP contribution in [0.25, 0.3) is 0 Å². The maximum atomic E-state index is 5.07. The highest BCUT2D eigenvalue weighted by atomic mass is 16.3. The van der Waals surface area contributed by atoms with Crippen LogP contribution in [-0.4, -0.2) is 0 Å². The lowest BCUT2D eigenvalue weighted by molar-refractivity contribution is 0.531. The minimum Gasteiger partial charge on any atom is -0.469 e. The van der Waals surface area contributed by atoms with Gasteiger partial charge in [0, 0.05) is 0 Å². The lowest BCUT2D eigenvalue weighted by Gasteiger charge is -1.88. The van der Waals surface area contributed by atoms with Gasteiger partial charge in [0.05, 0.1) is 6.26 Å². The van der Waals surface area contributed by atoms with Gasteiger partial charge in [-0.15, -0.1) is 6.58 Å². The van der Waals surface area contributed by atoms with Gasteiger partial charge in [0.1, 0.15) is 5.76 Å². The van der Waals surface area contributed by atoms with Crippen LogP contribution in [0.1, 0.15) is 11.3 Å². The van der Waals surface area contributed by atoms with Gasteiger partial charge in [0.2, 0.25) is 0 Å². The molecule has 0 radical (unpaired) electrons. The number of aryl methyl sites for hydroxylation is 1. The number of hydrogen-bond acceptors (Lipinski definition) is 1. The van der Waals surface area contributed by atoms with E-state index in [4.69, 9.17) is 4.42 Å². The summed E-state index contributed by atoms with van der Waals surface area (Å²) >= 11 is 0. The fourth-order valence-electron chi connectivity index (χ4n) is 0.779. The molecule has 0 unspecified atom stereocenters. The summed E-state index contributed by atoms with van der Waals surface area (Å²) in [5.74, 6) is 0.995. The summed E-state index contributed by atoms with van der Waals surface area (Å²) in [6.45, 7) is 5.59. The topological polar surface area (TPSA) is 13.1 Å². The summed E-state index contributed by atoms with van der Waals surface area (Å²) in [5, 5.41) is 0. The molecule has 1 heteroatoms. The normalized spacial score (nSPS) is 9.44. The first kappa shape index (κ1) is 6.14. The smallest absolute Gasteiger partial charge is 0.104 e. The zero-order valence-corrected chi connectivity index (χ0v) is 5.55. The van der Waals surface area contributed by atoms with Crippen molar-refractivity contribution in [3.63, 3.8) is 0 Å². The second kappa shape index (κ2) is 2.53. The Morgan fingerprint density at radius 2 is 2.56 bits per heavy atom. The molecule has 9 heavy (non-hydrogen) atoms. The van der Waals surface area contributed by atoms with Crippen molar-refractivity contribution in [1.29, 1.82) is 0 Å². The van der Waals surface area contributed by atoms with Crippen LogP contribution in [0.2, 0.25) is 0 Å². The summed E-state index contributed by atoms with van der Waals surface area (Å²) in [6.07, 6.45) is 4.48. The third-order valence-corrected chi connectivity index (χ3v) is 1.33. The van der Waals surface area contributed by atoms with Crippen molar-refractivity contribution in [1.82, 2.24) is 0 Å². The third-order valence-electron chi connectivity index (χ3n) is 1.33. The van der Waals surface area contributed by atoms with Crippen LogP contribution in [0.4, 0.5) is 0 Å². The van der Waals surface area contributed by atoms with Crippen LogP contribution < -0.4 is 0 Å². The van der Waals surface area contributed by atoms with Gasteiger partial charge in [-0.1, -0.05) is 6.08 Å². The predicted molar refractivity (Wildman–Crippen MR) is 37.3 cm³/mol. The Morgan fingerprint density at radius 1 is 1.78 bits per heavy atom. The summed E-state index contributed by atoms with van der Waals surface area (Å²) in [4.78, 5) is 0. The summed E-state index contributed by atoms with van der Waals surface area (Å²) < 4.78 is 5.07. The van der Waals surface area contributed by atoms with Crippen molar-refractivity contribution >= 4 is 0 Å². The van der Waals surface area contributed by atoms with Gasteiger partial charge in [0.15, 0.2) is 0 Å². The van der Waals surface area contributed by atoms with E-state index in [0.717, 1.165) is 12.2 Å². The van der Waals surface area contributed by atoms with E-state index in [2.05, 4.69) is 6.58 Å². The molecular weight excluding hydrogens is 112 g/mol. The summed E-state index contributed by atoms with van der Waals surface area (Å²) in [7, 11) is 0. The minimum atomic E-state index is 0.905. The van der Waals surface area contributed by atoms with Gasteiger partial charge >= 0.3 is 0 Å². The Kier molecular flexibility index (Phi) is 1.73. The van der Waals surface area contributed by atoms with Crippen LogP contribution >= 0.6 is 0 Å². The molecule has 0 saturated heterocycles. The summed E-state index contributed by atoms with van der Waals surface area (Å²) in [6, 6.07) is 1.97. The first-order chi connectivity index (χ1) is 4.34. The van der Waals surface area contributed by atoms with E-state index in [0.29, 0.717) is 0 Å². The van der Waals surface area contributed by atoms with E-state index in [1.807, 2.05) is 19.1 Å². The molecular formula is C8H10O. The van der Waals surface area contributed by atoms with Gasteiger partial charge in [0.25, 0.3) is 0 Å². The molecule has 0 aliphatic heterocycles. The Labute approximate surface area is 55.0 Å². The predicted octanol–water partition coefficient (Wildman–Crippen LogP) is 2.32. The highest BCUT2D eigenvalue weighted by Gasteiger charge is 1.95. The zero-order chi connectivity index (χ0) is 6.69. The maximum Gasteiger partial charge on any atom is 0.104 e. The standard InChI is InChI=1S/C8H10O/c1-3-4-8-5-6-9-7(8)2/h3,5-6H,1,4H2,2H3. The molecule has 48 valence electrons. The Hall–Kier alpha value is -0.980. The Balaban J connectivity index is 2.80. The largest absolute Gasteiger partial charge is 0.469 e. The van der Waals surface area contributed by atoms with Crippen LogP contribution in [0.15, 0.2) is 29.4 Å². The van der Waals surface area contributed by atoms with Crippen LogP contribution in [0, 0.1) is 6.92 Å². The molecule has 0 aromatic carbocycles. The summed E-state index contributed by atoms with van der Waals surface area (Å²) in [5.41, 5.74) is 1.23. The molecule has 0 bridgehead atoms. The first-order valence-electron chi connectivity index (χ1n) is 2.98. The SMILES string of the molecule is C=CCc1ccoc1C. The molecule has 0 spiro atoms. The quantitative estimate of drug-likeness (QED) is 0.548. The molecule has 0 aliphatic carbocycles. The number of hydrogen-bond donors (Lipinski definition) is 0. The van der Waals surface area contributed by atoms with Gasteiger partial charge in [-0.25, -0.2) is 0 Å². The van der Waals surface area contributed by atoms with Gasteiger partial charge in [-0.2, -0.15) is 0 Å². The van der Waals surface area contributed by atoms with Gasteiger partial charge in [-0.05, 0) is 25.0 Å². The second-order valence-electron chi connectivity index (χ2n) is 1.99. The highest BCUT2D eigenvalue weighted by Crippen LogP contribution is 2.08. The Bertz CT molecular complexity index is 198. The minimum absolute atomic E-state index is 0.905. The second-order valence-corrected chi connectivity index (χ2v) is 1.99. The zero-order valence-electron chi connectivity index (χ0n) is 5.55. The van der Waals surface area contributed by atoms with Crippen molar-refractivity contribution in [2.75, 3.05) is 0 Å². The maximum absolute atomic E-state index is 5.07. The van der Waals surface area contributed by atoms with Crippen molar-refractivity contribution in [3.8, 4) is 0 Å². The number of furan rings is 1. The number of allylic oxidation sites excluding steroid dienone is 1. The molecule has 1 heterocycles. The van der Waals surface area contributed by atoms with Crippen molar-refractivity contribution in [2.24, 2.45) is 0 Å². The average molecular weight is 122 g/mol. The van der Waals surface area contributed by atoms with Crippen molar-refractivity contribution in [3.05, 3.63) is 36.3 Å². The molecule has 0 saturated carbocycles. The molecule has 0 N–H and O–H groups in total. The molecule has 0 fully saturated rings. The highest BCUT2D eigenvalue weighted by molar-refractivity contribution is 5.17. The lowest BCUT2D eigenvalue weighted by atomic mass is 10.2. The molecule has 0 atom stereocenters. The van der Waals surface area contributed by atoms with E-state index in [-0.39, 0.29) is 0 Å². The molecule has 1 aromatic rings. The fraction of sp³-hybridized carbons (Fsp3) is 0.250. The third kappa shape index (κ3) is 1.22. The Morgan fingerprint density at radius 3 is 3.00 bits per heavy atom. The average Bonchev–Trinajstić information content (AvgIpc) is 2.18. The van der Waals surface area contributed by atoms with Gasteiger partial charge < -0.3 is 4.42 Å². The molecule has 0 amide bonds. The monoisotopic (exact) mass is 122 g/mol. The molecule has 0 aliphatic rings. The number of rotatable bonds is 2. The van der Waals surface area contributed by atoms with E-state index in [1.54, 1.807) is 6.26 Å². The molecule has 1 nitrogen and oxygen atoms in total. The van der Waals surface area contributed by atoms with Crippen LogP contribution in [0.3, 0.4) is 0 Å². The van der Waals surface area contributed by atoms with Crippen LogP contribution in [-0.2, 0) is 6.42 Å². The van der Waals surface area contributed by atoms with E-state index in [9.17, 15) is 0 Å². The van der Waals surface area contributed by atoms with E-state index < -0.39 is 0 Å². The molecule has 1 rings (SSSR count). The van der Waals surface area contributed by atoms with Gasteiger partial charge in [-0.3, -0.25) is 0 Å². The van der Waals surface area contributed by atoms with E-state index >= 15 is 0 Å². The first-order valence-corrected chi connectivity index (χ1v) is 2.98. The molecule has 1 aromatic heterocycles. The van der Waals surface area contributed by atoms with Crippen molar-refractivity contribution in [2.45, 2.75) is 13.3 Å². The lowest BCUT2D eigenvalue weighted by Crippen LogP contribution is -1.77. The van der Waals surface area contributed by atoms with E-state index in [1.165, 1.54) is 5.56 Å².